The van der Waals surface area contributed by atoms with Crippen LogP contribution in [0.15, 0.2) is 24.3 Å². The van der Waals surface area contributed by atoms with Gasteiger partial charge in [0.2, 0.25) is 0 Å². The van der Waals surface area contributed by atoms with Crippen molar-refractivity contribution in [2.24, 2.45) is 28.6 Å². The lowest BCUT2D eigenvalue weighted by Crippen LogP contribution is -2.50. The largest absolute Gasteiger partial charge is 0.469 e. The Labute approximate surface area is 151 Å². The van der Waals surface area contributed by atoms with E-state index in [0.29, 0.717) is 25.7 Å². The lowest BCUT2D eigenvalue weighted by molar-refractivity contribution is -0.164. The van der Waals surface area contributed by atoms with E-state index in [1.54, 1.807) is 19.1 Å². The molecule has 1 heterocycles. The number of fused-ring (bicyclic) bond motifs is 1. The molecule has 6 nitrogen and oxygen atoms in total. The number of esters is 2. The highest BCUT2D eigenvalue weighted by molar-refractivity contribution is 5.87. The van der Waals surface area contributed by atoms with E-state index in [0.717, 1.165) is 5.57 Å². The van der Waals surface area contributed by atoms with Gasteiger partial charge in [-0.3, -0.25) is 9.59 Å². The Morgan fingerprint density at radius 2 is 2.19 bits per heavy atom. The zero-order valence-corrected chi connectivity index (χ0v) is 15.0. The highest BCUT2D eigenvalue weighted by atomic mass is 16.6. The fraction of sp³-hybridized carbons (Fsp3) is 0.700. The molecular weight excluding hydrogens is 336 g/mol. The maximum absolute atomic E-state index is 13.0. The third-order valence-corrected chi connectivity index (χ3v) is 8.31. The molecule has 6 heteroatoms. The average Bonchev–Trinajstić information content (AvgIpc) is 3.02. The quantitative estimate of drug-likeness (QED) is 0.538. The number of rotatable bonds is 1. The van der Waals surface area contributed by atoms with Gasteiger partial charge in [-0.25, -0.2) is 0 Å². The fourth-order valence-corrected chi connectivity index (χ4v) is 7.24. The van der Waals surface area contributed by atoms with E-state index in [1.165, 1.54) is 7.11 Å². The summed E-state index contributed by atoms with van der Waals surface area (Å²) in [7, 11) is 1.35. The molecule has 0 aromatic carbocycles. The van der Waals surface area contributed by atoms with Gasteiger partial charge in [-0.2, -0.15) is 0 Å². The molecule has 8 atom stereocenters. The van der Waals surface area contributed by atoms with Crippen LogP contribution in [0.4, 0.5) is 0 Å². The molecule has 1 spiro atoms. The summed E-state index contributed by atoms with van der Waals surface area (Å²) in [5.41, 5.74) is -2.89. The number of carbonyl (C=O) groups excluding carboxylic acids is 2. The average molecular weight is 360 g/mol. The van der Waals surface area contributed by atoms with Gasteiger partial charge in [0, 0.05) is 11.8 Å². The molecule has 0 aromatic rings. The van der Waals surface area contributed by atoms with E-state index >= 15 is 0 Å². The van der Waals surface area contributed by atoms with Crippen molar-refractivity contribution in [3.8, 4) is 0 Å². The second-order valence-corrected chi connectivity index (χ2v) is 9.12. The van der Waals surface area contributed by atoms with Crippen LogP contribution in [0.1, 0.15) is 32.6 Å². The van der Waals surface area contributed by atoms with E-state index in [-0.39, 0.29) is 5.92 Å². The predicted octanol–water partition coefficient (Wildman–Crippen LogP) is 1.12. The lowest BCUT2D eigenvalue weighted by Gasteiger charge is -2.44. The monoisotopic (exact) mass is 360 g/mol. The summed E-state index contributed by atoms with van der Waals surface area (Å²) in [5, 5.41) is 21.7. The first-order chi connectivity index (χ1) is 12.2. The summed E-state index contributed by atoms with van der Waals surface area (Å²) in [4.78, 5) is 25.8. The van der Waals surface area contributed by atoms with Gasteiger partial charge in [0.25, 0.3) is 0 Å². The summed E-state index contributed by atoms with van der Waals surface area (Å²) >= 11 is 0. The maximum Gasteiger partial charge on any atom is 0.316 e. The van der Waals surface area contributed by atoms with E-state index < -0.39 is 51.9 Å². The van der Waals surface area contributed by atoms with Crippen LogP contribution in [0.2, 0.25) is 0 Å². The van der Waals surface area contributed by atoms with Gasteiger partial charge >= 0.3 is 11.9 Å². The summed E-state index contributed by atoms with van der Waals surface area (Å²) in [6.07, 6.45) is 4.56. The van der Waals surface area contributed by atoms with Gasteiger partial charge in [-0.15, -0.1) is 0 Å². The van der Waals surface area contributed by atoms with Crippen molar-refractivity contribution < 1.29 is 29.3 Å². The topological polar surface area (TPSA) is 93.1 Å². The number of ether oxygens (including phenoxy) is 2. The normalized spacial score (nSPS) is 56.2. The number of hydrogen-bond acceptors (Lipinski definition) is 6. The second kappa shape index (κ2) is 4.42. The third kappa shape index (κ3) is 1.43. The van der Waals surface area contributed by atoms with Crippen molar-refractivity contribution in [3.63, 3.8) is 0 Å². The van der Waals surface area contributed by atoms with Crippen LogP contribution in [0.25, 0.3) is 0 Å². The highest BCUT2D eigenvalue weighted by Gasteiger charge is 2.83. The standard InChI is InChI=1S/C20H24O6/c1-10-8-18-9-19(10,24)6-4-11(18)20-7-5-12(21)17(2,16(23)26-20)14(20)13(18)15(22)25-3/h5,7,11-14,21,24H,1,4,6,8-9H2,2-3H3/t11-,12+,13-,14-,17?,18+,19+,20-/m1/s1. The van der Waals surface area contributed by atoms with E-state index in [9.17, 15) is 19.8 Å². The Bertz CT molecular complexity index is 787. The van der Waals surface area contributed by atoms with Crippen molar-refractivity contribution in [2.45, 2.75) is 49.9 Å². The number of aliphatic hydroxyl groups is 2. The Balaban J connectivity index is 1.78. The van der Waals surface area contributed by atoms with Crippen LogP contribution < -0.4 is 0 Å². The Hall–Kier alpha value is -1.66. The van der Waals surface area contributed by atoms with Crippen LogP contribution >= 0.6 is 0 Å². The Morgan fingerprint density at radius 3 is 2.88 bits per heavy atom. The molecule has 140 valence electrons. The van der Waals surface area contributed by atoms with Crippen LogP contribution in [0, 0.1) is 28.6 Å². The van der Waals surface area contributed by atoms with E-state index in [1.807, 2.05) is 0 Å². The molecule has 1 aliphatic heterocycles. The molecule has 2 N–H and O–H groups in total. The molecule has 26 heavy (non-hydrogen) atoms. The molecule has 3 saturated carbocycles. The van der Waals surface area contributed by atoms with Gasteiger partial charge in [0.15, 0.2) is 0 Å². The van der Waals surface area contributed by atoms with Crippen molar-refractivity contribution in [3.05, 3.63) is 24.3 Å². The van der Waals surface area contributed by atoms with Crippen LogP contribution in [-0.2, 0) is 19.1 Å². The molecule has 0 aromatic heterocycles. The van der Waals surface area contributed by atoms with E-state index in [2.05, 4.69) is 6.58 Å². The van der Waals surface area contributed by atoms with Gasteiger partial charge in [0.1, 0.15) is 11.0 Å². The smallest absolute Gasteiger partial charge is 0.316 e. The first kappa shape index (κ1) is 16.5. The number of aliphatic hydroxyl groups excluding tert-OH is 1. The molecule has 0 radical (unpaired) electrons. The summed E-state index contributed by atoms with van der Waals surface area (Å²) in [6, 6.07) is 0. The number of hydrogen-bond donors (Lipinski definition) is 2. The first-order valence-electron chi connectivity index (χ1n) is 9.25. The molecule has 1 unspecified atom stereocenters. The molecule has 0 amide bonds. The Kier molecular flexibility index (Phi) is 2.81. The van der Waals surface area contributed by atoms with Crippen molar-refractivity contribution >= 4 is 11.9 Å². The van der Waals surface area contributed by atoms with Gasteiger partial charge in [0.05, 0.1) is 24.7 Å². The van der Waals surface area contributed by atoms with Gasteiger partial charge in [-0.1, -0.05) is 12.7 Å². The van der Waals surface area contributed by atoms with Crippen LogP contribution in [-0.4, -0.2) is 46.6 Å². The fourth-order valence-electron chi connectivity index (χ4n) is 7.24. The molecule has 5 rings (SSSR count). The van der Waals surface area contributed by atoms with Crippen LogP contribution in [0.5, 0.6) is 0 Å². The number of carbonyl (C=O) groups is 2. The van der Waals surface area contributed by atoms with Crippen molar-refractivity contribution in [2.75, 3.05) is 7.11 Å². The maximum atomic E-state index is 13.0. The summed E-state index contributed by atoms with van der Waals surface area (Å²) in [5.74, 6) is -2.08. The van der Waals surface area contributed by atoms with Gasteiger partial charge < -0.3 is 19.7 Å². The zero-order valence-electron chi connectivity index (χ0n) is 15.0. The molecular formula is C20H24O6. The minimum atomic E-state index is -1.19. The summed E-state index contributed by atoms with van der Waals surface area (Å²) in [6.45, 7) is 5.78. The molecule has 4 aliphatic carbocycles. The minimum Gasteiger partial charge on any atom is -0.469 e. The first-order valence-corrected chi connectivity index (χ1v) is 9.25. The van der Waals surface area contributed by atoms with Gasteiger partial charge in [-0.05, 0) is 49.7 Å². The third-order valence-electron chi connectivity index (χ3n) is 8.31. The van der Waals surface area contributed by atoms with Crippen LogP contribution in [0.3, 0.4) is 0 Å². The van der Waals surface area contributed by atoms with E-state index in [4.69, 9.17) is 9.47 Å². The molecule has 5 aliphatic rings. The highest BCUT2D eigenvalue weighted by Crippen LogP contribution is 2.77. The number of methoxy groups -OCH3 is 1. The molecule has 1 saturated heterocycles. The Morgan fingerprint density at radius 1 is 1.46 bits per heavy atom. The molecule has 4 bridgehead atoms. The second-order valence-electron chi connectivity index (χ2n) is 9.12. The minimum absolute atomic E-state index is 0.0989. The summed E-state index contributed by atoms with van der Waals surface area (Å²) < 4.78 is 11.1. The molecule has 4 fully saturated rings. The zero-order chi connectivity index (χ0) is 18.7. The lowest BCUT2D eigenvalue weighted by atomic mass is 9.61. The van der Waals surface area contributed by atoms with Crippen molar-refractivity contribution in [1.29, 1.82) is 0 Å². The SMILES string of the molecule is C=C1C[C@]23C[C@@]1(O)CC[C@H]2[C@@]12C=C[C@H](O)C(C)(C(=O)O1)[C@H]2[C@@H]3C(=O)OC. The van der Waals surface area contributed by atoms with Crippen molar-refractivity contribution in [1.82, 2.24) is 0 Å². The predicted molar refractivity (Wildman–Crippen MR) is 89.6 cm³/mol.